The summed E-state index contributed by atoms with van der Waals surface area (Å²) >= 11 is 0. The molecule has 3 atom stereocenters. The number of ether oxygens (including phenoxy) is 2. The summed E-state index contributed by atoms with van der Waals surface area (Å²) < 4.78 is 12.7. The number of hydrogen-bond donors (Lipinski definition) is 2. The molecule has 4 aliphatic heterocycles. The van der Waals surface area contributed by atoms with Crippen LogP contribution in [0.1, 0.15) is 42.5 Å². The molecule has 12 heteroatoms. The molecule has 2 saturated heterocycles. The number of hydrogen-bond acceptors (Lipinski definition) is 10. The number of carbonyl (C=O) groups is 2. The van der Waals surface area contributed by atoms with Crippen LogP contribution in [0.3, 0.4) is 0 Å². The molecule has 2 N–H and O–H groups in total. The summed E-state index contributed by atoms with van der Waals surface area (Å²) in [6, 6.07) is 7.56. The quantitative estimate of drug-likeness (QED) is 0.270. The zero-order valence-electron chi connectivity index (χ0n) is 22.8. The van der Waals surface area contributed by atoms with Crippen molar-refractivity contribution in [3.8, 4) is 17.1 Å². The fourth-order valence-corrected chi connectivity index (χ4v) is 9.17. The first-order valence-electron chi connectivity index (χ1n) is 13.9. The number of pyridine rings is 2. The van der Waals surface area contributed by atoms with Gasteiger partial charge in [0.2, 0.25) is 0 Å². The average molecular weight is 595 g/mol. The van der Waals surface area contributed by atoms with E-state index in [9.17, 15) is 19.5 Å². The zero-order chi connectivity index (χ0) is 28.5. The molecule has 1 amide bonds. The molecule has 1 aromatic carbocycles. The van der Waals surface area contributed by atoms with Crippen LogP contribution in [0.25, 0.3) is 22.3 Å². The Hall–Kier alpha value is -3.06. The second-order valence-corrected chi connectivity index (χ2v) is 13.4. The summed E-state index contributed by atoms with van der Waals surface area (Å²) in [5.41, 5.74) is 2.33. The highest BCUT2D eigenvalue weighted by atomic mass is 33.1. The average Bonchev–Trinajstić information content (AvgIpc) is 3.36. The Morgan fingerprint density at radius 2 is 2.05 bits per heavy atom. The smallest absolute Gasteiger partial charge is 0.415 e. The molecule has 0 aliphatic carbocycles. The molecule has 0 radical (unpaired) electrons. The molecule has 2 fully saturated rings. The number of cyclic esters (lactones) is 1. The third-order valence-electron chi connectivity index (χ3n) is 8.76. The number of esters is 1. The Kier molecular flexibility index (Phi) is 6.57. The molecular weight excluding hydrogens is 564 g/mol. The van der Waals surface area contributed by atoms with Crippen LogP contribution < -0.4 is 15.6 Å². The van der Waals surface area contributed by atoms with Crippen LogP contribution in [0.4, 0.5) is 4.79 Å². The van der Waals surface area contributed by atoms with Crippen LogP contribution in [0.15, 0.2) is 29.1 Å². The van der Waals surface area contributed by atoms with Crippen LogP contribution in [0, 0.1) is 0 Å². The SMILES string of the molecule is CCc1c2c(nc3ccc(OC(=O)N4CCN[C@@H]5CSSC[C@@H]54)cc13)-c1cc3c(c(=O)n1C2)COC(=O)[C@@]3(O)CC. The monoisotopic (exact) mass is 594 g/mol. The molecule has 214 valence electrons. The summed E-state index contributed by atoms with van der Waals surface area (Å²) in [6.07, 6.45) is 0.428. The van der Waals surface area contributed by atoms with E-state index in [1.165, 1.54) is 0 Å². The first-order chi connectivity index (χ1) is 19.8. The van der Waals surface area contributed by atoms with E-state index in [1.807, 2.05) is 34.8 Å². The van der Waals surface area contributed by atoms with Gasteiger partial charge in [-0.25, -0.2) is 14.6 Å². The predicted octanol–water partition coefficient (Wildman–Crippen LogP) is 3.18. The van der Waals surface area contributed by atoms with Gasteiger partial charge >= 0.3 is 12.1 Å². The van der Waals surface area contributed by atoms with Gasteiger partial charge in [0.05, 0.1) is 35.1 Å². The second kappa shape index (κ2) is 10.0. The maximum Gasteiger partial charge on any atom is 0.415 e. The molecule has 3 aromatic rings. The van der Waals surface area contributed by atoms with Crippen LogP contribution >= 0.6 is 21.6 Å². The van der Waals surface area contributed by atoms with Crippen molar-refractivity contribution in [2.24, 2.45) is 0 Å². The fraction of sp³-hybridized carbons (Fsp3) is 0.448. The van der Waals surface area contributed by atoms with Gasteiger partial charge in [0.25, 0.3) is 5.56 Å². The van der Waals surface area contributed by atoms with Crippen molar-refractivity contribution in [2.75, 3.05) is 24.6 Å². The molecular formula is C29H30N4O6S2. The predicted molar refractivity (Wildman–Crippen MR) is 157 cm³/mol. The number of carbonyl (C=O) groups excluding carboxylic acids is 2. The highest BCUT2D eigenvalue weighted by Crippen LogP contribution is 2.41. The van der Waals surface area contributed by atoms with E-state index < -0.39 is 11.6 Å². The molecule has 0 bridgehead atoms. The van der Waals surface area contributed by atoms with Crippen LogP contribution in [-0.4, -0.2) is 68.3 Å². The molecule has 0 saturated carbocycles. The van der Waals surface area contributed by atoms with Crippen molar-refractivity contribution in [1.29, 1.82) is 0 Å². The van der Waals surface area contributed by atoms with E-state index in [0.29, 0.717) is 53.3 Å². The number of fused-ring (bicyclic) bond motifs is 6. The summed E-state index contributed by atoms with van der Waals surface area (Å²) in [5, 5.41) is 15.5. The number of aromatic nitrogens is 2. The Morgan fingerprint density at radius 1 is 1.22 bits per heavy atom. The van der Waals surface area contributed by atoms with Crippen molar-refractivity contribution < 1.29 is 24.2 Å². The van der Waals surface area contributed by atoms with Crippen molar-refractivity contribution in [3.05, 3.63) is 56.9 Å². The first-order valence-corrected chi connectivity index (χ1v) is 16.4. The third-order valence-corrected chi connectivity index (χ3v) is 11.2. The maximum absolute atomic E-state index is 13.6. The van der Waals surface area contributed by atoms with E-state index in [0.717, 1.165) is 34.6 Å². The number of piperazine rings is 1. The van der Waals surface area contributed by atoms with Crippen LogP contribution in [-0.2, 0) is 34.7 Å². The second-order valence-electron chi connectivity index (χ2n) is 10.8. The Labute approximate surface area is 244 Å². The minimum absolute atomic E-state index is 0.0918. The van der Waals surface area contributed by atoms with Gasteiger partial charge in [0.1, 0.15) is 12.4 Å². The standard InChI is InChI=1S/C29H30N4O6S2/c1-3-16-17-9-15(39-28(36)32-8-7-30-22-13-40-41-14-24(22)32)5-6-21(17)31-25-18(16)11-33-23(25)10-20-19(26(33)34)12-38-27(35)29(20,37)4-2/h5-6,9-10,22,24,30,37H,3-4,7-8,11-14H2,1-2H3/t22-,24+,29-/m1/s1. The van der Waals surface area contributed by atoms with Gasteiger partial charge in [0.15, 0.2) is 5.60 Å². The van der Waals surface area contributed by atoms with Gasteiger partial charge in [-0.2, -0.15) is 0 Å². The van der Waals surface area contributed by atoms with Crippen LogP contribution in [0.2, 0.25) is 0 Å². The number of nitrogens with one attached hydrogen (secondary N) is 1. The lowest BCUT2D eigenvalue weighted by Gasteiger charge is -2.43. The Morgan fingerprint density at radius 3 is 2.85 bits per heavy atom. The van der Waals surface area contributed by atoms with Gasteiger partial charge in [-0.15, -0.1) is 0 Å². The number of amides is 1. The van der Waals surface area contributed by atoms with Crippen molar-refractivity contribution >= 4 is 44.6 Å². The highest BCUT2D eigenvalue weighted by Gasteiger charge is 2.45. The molecule has 10 nitrogen and oxygen atoms in total. The molecule has 6 heterocycles. The lowest BCUT2D eigenvalue weighted by Crippen LogP contribution is -2.62. The van der Waals surface area contributed by atoms with E-state index in [-0.39, 0.29) is 36.8 Å². The third kappa shape index (κ3) is 4.10. The molecule has 7 rings (SSSR count). The topological polar surface area (TPSA) is 123 Å². The van der Waals surface area contributed by atoms with Crippen molar-refractivity contribution in [3.63, 3.8) is 0 Å². The van der Waals surface area contributed by atoms with Crippen LogP contribution in [0.5, 0.6) is 5.75 Å². The first kappa shape index (κ1) is 26.8. The highest BCUT2D eigenvalue weighted by molar-refractivity contribution is 8.76. The van der Waals surface area contributed by atoms with E-state index in [1.54, 1.807) is 34.4 Å². The maximum atomic E-state index is 13.6. The minimum atomic E-state index is -1.87. The Balaban J connectivity index is 1.26. The van der Waals surface area contributed by atoms with Gasteiger partial charge in [-0.3, -0.25) is 4.79 Å². The number of benzene rings is 1. The number of nitrogens with zero attached hydrogens (tertiary/aromatic N) is 3. The van der Waals surface area contributed by atoms with Gasteiger partial charge in [-0.1, -0.05) is 35.4 Å². The molecule has 2 aromatic heterocycles. The lowest BCUT2D eigenvalue weighted by atomic mass is 9.86. The summed E-state index contributed by atoms with van der Waals surface area (Å²) in [7, 11) is 3.62. The van der Waals surface area contributed by atoms with E-state index in [4.69, 9.17) is 14.5 Å². The molecule has 0 unspecified atom stereocenters. The number of rotatable bonds is 3. The summed E-state index contributed by atoms with van der Waals surface area (Å²) in [5.74, 6) is 1.54. The molecule has 0 spiro atoms. The minimum Gasteiger partial charge on any atom is -0.458 e. The van der Waals surface area contributed by atoms with Gasteiger partial charge in [-0.05, 0) is 42.7 Å². The van der Waals surface area contributed by atoms with Gasteiger partial charge < -0.3 is 29.4 Å². The van der Waals surface area contributed by atoms with Crippen molar-refractivity contribution in [1.82, 2.24) is 19.8 Å². The van der Waals surface area contributed by atoms with E-state index in [2.05, 4.69) is 5.32 Å². The largest absolute Gasteiger partial charge is 0.458 e. The van der Waals surface area contributed by atoms with Gasteiger partial charge in [0, 0.05) is 47.2 Å². The molecule has 41 heavy (non-hydrogen) atoms. The number of aliphatic hydroxyl groups is 1. The summed E-state index contributed by atoms with van der Waals surface area (Å²) in [6.45, 7) is 5.25. The summed E-state index contributed by atoms with van der Waals surface area (Å²) in [4.78, 5) is 46.1. The van der Waals surface area contributed by atoms with E-state index >= 15 is 0 Å². The fourth-order valence-electron chi connectivity index (χ4n) is 6.50. The Bertz CT molecular complexity index is 1670. The normalized spacial score (nSPS) is 24.8. The zero-order valence-corrected chi connectivity index (χ0v) is 24.4. The van der Waals surface area contributed by atoms with Crippen molar-refractivity contribution in [2.45, 2.75) is 57.5 Å². The molecule has 4 aliphatic rings. The number of aryl methyl sites for hydroxylation is 1. The lowest BCUT2D eigenvalue weighted by molar-refractivity contribution is -0.172.